The normalized spacial score (nSPS) is 33.6. The molecule has 3 nitrogen and oxygen atoms in total. The van der Waals surface area contributed by atoms with Crippen molar-refractivity contribution < 1.29 is 9.53 Å². The van der Waals surface area contributed by atoms with E-state index in [9.17, 15) is 4.79 Å². The van der Waals surface area contributed by atoms with E-state index < -0.39 is 0 Å². The third kappa shape index (κ3) is 1.76. The summed E-state index contributed by atoms with van der Waals surface area (Å²) in [4.78, 5) is 11.1. The number of rotatable bonds is 2. The Bertz CT molecular complexity index is 233. The van der Waals surface area contributed by atoms with Gasteiger partial charge in [0, 0.05) is 0 Å². The Balaban J connectivity index is 2.00. The number of cyclic esters (lactones) is 1. The van der Waals surface area contributed by atoms with Crippen LogP contribution in [-0.4, -0.2) is 18.2 Å². The van der Waals surface area contributed by atoms with Gasteiger partial charge in [0.1, 0.15) is 6.10 Å². The van der Waals surface area contributed by atoms with Gasteiger partial charge in [-0.1, -0.05) is 25.3 Å². The lowest BCUT2D eigenvalue weighted by molar-refractivity contribution is 0.0804. The van der Waals surface area contributed by atoms with Gasteiger partial charge in [-0.3, -0.25) is 0 Å². The van der Waals surface area contributed by atoms with Crippen LogP contribution in [0.1, 0.15) is 32.1 Å². The molecule has 3 heteroatoms. The lowest BCUT2D eigenvalue weighted by atomic mass is 9.83. The van der Waals surface area contributed by atoms with E-state index in [1.165, 1.54) is 32.1 Å². The maximum Gasteiger partial charge on any atom is 0.408 e. The molecule has 2 unspecified atom stereocenters. The predicted octanol–water partition coefficient (Wildman–Crippen LogP) is 2.23. The van der Waals surface area contributed by atoms with Crippen molar-refractivity contribution in [3.63, 3.8) is 0 Å². The number of ether oxygens (including phenoxy) is 1. The van der Waals surface area contributed by atoms with Crippen LogP contribution in [-0.2, 0) is 4.74 Å². The summed E-state index contributed by atoms with van der Waals surface area (Å²) < 4.78 is 5.28. The minimum Gasteiger partial charge on any atom is -0.443 e. The first kappa shape index (κ1) is 9.56. The molecule has 0 spiro atoms. The Morgan fingerprint density at radius 2 is 2.07 bits per heavy atom. The van der Waals surface area contributed by atoms with E-state index >= 15 is 0 Å². The van der Waals surface area contributed by atoms with Crippen molar-refractivity contribution in [1.29, 1.82) is 0 Å². The fourth-order valence-corrected chi connectivity index (χ4v) is 2.49. The molecular formula is C11H17NO2. The second-order valence-electron chi connectivity index (χ2n) is 4.17. The lowest BCUT2D eigenvalue weighted by Crippen LogP contribution is -2.35. The van der Waals surface area contributed by atoms with E-state index in [1.807, 2.05) is 0 Å². The zero-order valence-electron chi connectivity index (χ0n) is 8.37. The van der Waals surface area contributed by atoms with Crippen LogP contribution in [0.25, 0.3) is 0 Å². The molecule has 14 heavy (non-hydrogen) atoms. The summed E-state index contributed by atoms with van der Waals surface area (Å²) in [5.74, 6) is 0.533. The molecule has 1 N–H and O–H groups in total. The van der Waals surface area contributed by atoms with Gasteiger partial charge in [0.2, 0.25) is 0 Å². The van der Waals surface area contributed by atoms with Gasteiger partial charge in [-0.25, -0.2) is 4.79 Å². The Labute approximate surface area is 84.5 Å². The first-order chi connectivity index (χ1) is 6.81. The third-order valence-corrected chi connectivity index (χ3v) is 3.25. The molecule has 1 amide bonds. The smallest absolute Gasteiger partial charge is 0.408 e. The predicted molar refractivity (Wildman–Crippen MR) is 54.0 cm³/mol. The van der Waals surface area contributed by atoms with Gasteiger partial charge in [0.05, 0.1) is 6.04 Å². The number of carbonyl (C=O) groups is 1. The molecule has 0 radical (unpaired) electrons. The fourth-order valence-electron chi connectivity index (χ4n) is 2.49. The largest absolute Gasteiger partial charge is 0.443 e. The summed E-state index contributed by atoms with van der Waals surface area (Å²) in [5.41, 5.74) is 0. The molecule has 2 atom stereocenters. The molecule has 2 fully saturated rings. The van der Waals surface area contributed by atoms with Crippen molar-refractivity contribution in [2.45, 2.75) is 44.2 Å². The van der Waals surface area contributed by atoms with Gasteiger partial charge in [-0.15, -0.1) is 6.58 Å². The van der Waals surface area contributed by atoms with Gasteiger partial charge in [-0.2, -0.15) is 0 Å². The molecule has 0 aromatic heterocycles. The molecule has 1 aliphatic heterocycles. The van der Waals surface area contributed by atoms with Crippen LogP contribution in [0.5, 0.6) is 0 Å². The Kier molecular flexibility index (Phi) is 2.75. The maximum absolute atomic E-state index is 11.1. The Morgan fingerprint density at radius 1 is 1.36 bits per heavy atom. The summed E-state index contributed by atoms with van der Waals surface area (Å²) in [5, 5.41) is 2.77. The van der Waals surface area contributed by atoms with Gasteiger partial charge < -0.3 is 10.1 Å². The molecule has 2 aliphatic rings. The SMILES string of the molecule is C=CC1NC(=O)OC1C1CCCCC1. The second-order valence-corrected chi connectivity index (χ2v) is 4.17. The van der Waals surface area contributed by atoms with Crippen LogP contribution in [0, 0.1) is 5.92 Å². The third-order valence-electron chi connectivity index (χ3n) is 3.25. The van der Waals surface area contributed by atoms with Crippen LogP contribution in [0.4, 0.5) is 4.79 Å². The minimum absolute atomic E-state index is 0.0191. The van der Waals surface area contributed by atoms with Gasteiger partial charge in [0.15, 0.2) is 0 Å². The van der Waals surface area contributed by atoms with Crippen molar-refractivity contribution in [2.24, 2.45) is 5.92 Å². The molecule has 1 saturated heterocycles. The highest BCUT2D eigenvalue weighted by atomic mass is 16.6. The zero-order valence-corrected chi connectivity index (χ0v) is 8.37. The average molecular weight is 195 g/mol. The number of carbonyl (C=O) groups excluding carboxylic acids is 1. The lowest BCUT2D eigenvalue weighted by Gasteiger charge is -2.27. The molecular weight excluding hydrogens is 178 g/mol. The van der Waals surface area contributed by atoms with Crippen molar-refractivity contribution in [3.8, 4) is 0 Å². The standard InChI is InChI=1S/C11H17NO2/c1-2-9-10(14-11(13)12-9)8-6-4-3-5-7-8/h2,8-10H,1,3-7H2,(H,12,13). The summed E-state index contributed by atoms with van der Waals surface area (Å²) in [7, 11) is 0. The number of hydrogen-bond acceptors (Lipinski definition) is 2. The summed E-state index contributed by atoms with van der Waals surface area (Å²) in [6.45, 7) is 3.73. The molecule has 1 aliphatic carbocycles. The molecule has 0 aromatic carbocycles. The van der Waals surface area contributed by atoms with Crippen LogP contribution in [0.2, 0.25) is 0 Å². The number of amides is 1. The zero-order chi connectivity index (χ0) is 9.97. The number of hydrogen-bond donors (Lipinski definition) is 1. The topological polar surface area (TPSA) is 38.3 Å². The van der Waals surface area contributed by atoms with E-state index in [2.05, 4.69) is 11.9 Å². The molecule has 1 heterocycles. The molecule has 78 valence electrons. The van der Waals surface area contributed by atoms with E-state index in [-0.39, 0.29) is 18.2 Å². The molecule has 0 bridgehead atoms. The first-order valence-electron chi connectivity index (χ1n) is 5.41. The molecule has 2 rings (SSSR count). The quantitative estimate of drug-likeness (QED) is 0.686. The average Bonchev–Trinajstić information content (AvgIpc) is 2.61. The van der Waals surface area contributed by atoms with Gasteiger partial charge >= 0.3 is 6.09 Å². The van der Waals surface area contributed by atoms with Gasteiger partial charge in [0.25, 0.3) is 0 Å². The summed E-state index contributed by atoms with van der Waals surface area (Å²) >= 11 is 0. The number of alkyl carbamates (subject to hydrolysis) is 1. The second kappa shape index (κ2) is 4.03. The van der Waals surface area contributed by atoms with Crippen molar-refractivity contribution in [1.82, 2.24) is 5.32 Å². The first-order valence-corrected chi connectivity index (χ1v) is 5.41. The monoisotopic (exact) mass is 195 g/mol. The van der Waals surface area contributed by atoms with E-state index in [0.29, 0.717) is 5.92 Å². The van der Waals surface area contributed by atoms with E-state index in [4.69, 9.17) is 4.74 Å². The molecule has 0 aromatic rings. The van der Waals surface area contributed by atoms with E-state index in [0.717, 1.165) is 0 Å². The summed E-state index contributed by atoms with van der Waals surface area (Å²) in [6.07, 6.45) is 7.75. The minimum atomic E-state index is -0.287. The number of nitrogens with one attached hydrogen (secondary N) is 1. The van der Waals surface area contributed by atoms with Crippen LogP contribution < -0.4 is 5.32 Å². The van der Waals surface area contributed by atoms with Gasteiger partial charge in [-0.05, 0) is 18.8 Å². The highest BCUT2D eigenvalue weighted by Gasteiger charge is 2.38. The molecule has 1 saturated carbocycles. The van der Waals surface area contributed by atoms with Crippen molar-refractivity contribution in [3.05, 3.63) is 12.7 Å². The fraction of sp³-hybridized carbons (Fsp3) is 0.727. The highest BCUT2D eigenvalue weighted by molar-refractivity contribution is 5.70. The Morgan fingerprint density at radius 3 is 2.71 bits per heavy atom. The van der Waals surface area contributed by atoms with Crippen molar-refractivity contribution >= 4 is 6.09 Å². The Hall–Kier alpha value is -0.990. The maximum atomic E-state index is 11.1. The van der Waals surface area contributed by atoms with Crippen LogP contribution >= 0.6 is 0 Å². The highest BCUT2D eigenvalue weighted by Crippen LogP contribution is 2.31. The van der Waals surface area contributed by atoms with Crippen LogP contribution in [0.3, 0.4) is 0 Å². The van der Waals surface area contributed by atoms with E-state index in [1.54, 1.807) is 6.08 Å². The summed E-state index contributed by atoms with van der Waals surface area (Å²) in [6, 6.07) is 0.0191. The van der Waals surface area contributed by atoms with Crippen LogP contribution in [0.15, 0.2) is 12.7 Å². The van der Waals surface area contributed by atoms with Crippen molar-refractivity contribution in [2.75, 3.05) is 0 Å².